The third-order valence-electron chi connectivity index (χ3n) is 5.19. The maximum Gasteiger partial charge on any atom is 0.338 e. The summed E-state index contributed by atoms with van der Waals surface area (Å²) >= 11 is 0. The van der Waals surface area contributed by atoms with Gasteiger partial charge in [-0.3, -0.25) is 4.79 Å². The third kappa shape index (κ3) is 3.77. The van der Waals surface area contributed by atoms with E-state index < -0.39 is 12.1 Å². The summed E-state index contributed by atoms with van der Waals surface area (Å²) in [4.78, 5) is 24.4. The van der Waals surface area contributed by atoms with Crippen molar-refractivity contribution >= 4 is 11.9 Å². The Morgan fingerprint density at radius 1 is 1.12 bits per heavy atom. The number of aliphatic hydroxyl groups excluding tert-OH is 1. The lowest BCUT2D eigenvalue weighted by molar-refractivity contribution is 0.0462. The van der Waals surface area contributed by atoms with Crippen molar-refractivity contribution in [3.05, 3.63) is 29.3 Å². The highest BCUT2D eigenvalue weighted by Crippen LogP contribution is 2.33. The summed E-state index contributed by atoms with van der Waals surface area (Å²) in [5.41, 5.74) is 0.551. The Morgan fingerprint density at radius 2 is 1.80 bits per heavy atom. The first-order valence-corrected chi connectivity index (χ1v) is 8.49. The number of carbonyl (C=O) groups is 2. The van der Waals surface area contributed by atoms with Crippen molar-refractivity contribution in [1.29, 1.82) is 0 Å². The molecule has 7 nitrogen and oxygen atoms in total. The number of methoxy groups -OCH3 is 2. The quantitative estimate of drug-likeness (QED) is 0.689. The van der Waals surface area contributed by atoms with Gasteiger partial charge in [-0.25, -0.2) is 4.79 Å². The third-order valence-corrected chi connectivity index (χ3v) is 5.19. The van der Waals surface area contributed by atoms with Crippen LogP contribution in [0.25, 0.3) is 0 Å². The summed E-state index contributed by atoms with van der Waals surface area (Å²) in [6.45, 7) is 1.86. The van der Waals surface area contributed by atoms with Gasteiger partial charge in [-0.2, -0.15) is 0 Å². The minimum absolute atomic E-state index is 0.247. The maximum absolute atomic E-state index is 12.6. The first kappa shape index (κ1) is 17.7. The minimum atomic E-state index is -0.559. The van der Waals surface area contributed by atoms with E-state index in [0.29, 0.717) is 29.6 Å². The van der Waals surface area contributed by atoms with Gasteiger partial charge in [0.1, 0.15) is 5.75 Å². The van der Waals surface area contributed by atoms with Gasteiger partial charge in [-0.1, -0.05) is 0 Å². The molecule has 0 aromatic heterocycles. The average Bonchev–Trinajstić information content (AvgIpc) is 3.07. The van der Waals surface area contributed by atoms with Crippen LogP contribution in [0.4, 0.5) is 0 Å². The van der Waals surface area contributed by atoms with Crippen molar-refractivity contribution in [1.82, 2.24) is 10.6 Å². The molecule has 25 heavy (non-hydrogen) atoms. The molecule has 7 heteroatoms. The average molecular weight is 348 g/mol. The fourth-order valence-electron chi connectivity index (χ4n) is 3.79. The zero-order valence-electron chi connectivity index (χ0n) is 14.5. The van der Waals surface area contributed by atoms with Crippen molar-refractivity contribution in [2.24, 2.45) is 11.8 Å². The van der Waals surface area contributed by atoms with E-state index in [1.165, 1.54) is 26.4 Å². The largest absolute Gasteiger partial charge is 0.497 e. The number of aliphatic hydroxyl groups is 1. The molecule has 0 unspecified atom stereocenters. The fraction of sp³-hybridized carbons (Fsp3) is 0.556. The molecule has 2 fully saturated rings. The minimum Gasteiger partial charge on any atom is -0.497 e. The van der Waals surface area contributed by atoms with Crippen molar-refractivity contribution < 1.29 is 24.2 Å². The van der Waals surface area contributed by atoms with E-state index in [1.54, 1.807) is 6.07 Å². The van der Waals surface area contributed by atoms with Crippen LogP contribution in [0.2, 0.25) is 0 Å². The van der Waals surface area contributed by atoms with Crippen LogP contribution in [-0.2, 0) is 4.74 Å². The molecule has 1 aromatic rings. The molecule has 3 N–H and O–H groups in total. The van der Waals surface area contributed by atoms with E-state index in [1.807, 2.05) is 0 Å². The van der Waals surface area contributed by atoms with E-state index in [0.717, 1.165) is 19.5 Å². The van der Waals surface area contributed by atoms with Crippen molar-refractivity contribution in [2.75, 3.05) is 27.3 Å². The van der Waals surface area contributed by atoms with Crippen LogP contribution < -0.4 is 15.4 Å². The van der Waals surface area contributed by atoms with Gasteiger partial charge in [0, 0.05) is 5.56 Å². The summed E-state index contributed by atoms with van der Waals surface area (Å²) in [6.07, 6.45) is 0.878. The van der Waals surface area contributed by atoms with Crippen LogP contribution in [-0.4, -0.2) is 56.4 Å². The predicted octanol–water partition coefficient (Wildman–Crippen LogP) is 0.571. The van der Waals surface area contributed by atoms with Crippen LogP contribution in [0.5, 0.6) is 5.75 Å². The molecule has 1 aliphatic carbocycles. The molecule has 3 rings (SSSR count). The zero-order valence-corrected chi connectivity index (χ0v) is 14.5. The number of ether oxygens (including phenoxy) is 2. The number of hydrogen-bond donors (Lipinski definition) is 3. The number of esters is 1. The van der Waals surface area contributed by atoms with E-state index in [-0.39, 0.29) is 17.5 Å². The van der Waals surface area contributed by atoms with Gasteiger partial charge in [0.15, 0.2) is 0 Å². The molecule has 2 aliphatic rings. The molecule has 1 aromatic carbocycles. The lowest BCUT2D eigenvalue weighted by Gasteiger charge is -2.35. The molecule has 0 radical (unpaired) electrons. The molecule has 1 saturated heterocycles. The normalized spacial score (nSPS) is 28.1. The van der Waals surface area contributed by atoms with Gasteiger partial charge in [0.2, 0.25) is 0 Å². The van der Waals surface area contributed by atoms with E-state index in [9.17, 15) is 14.7 Å². The molecule has 1 amide bonds. The fourth-order valence-corrected chi connectivity index (χ4v) is 3.79. The second kappa shape index (κ2) is 7.41. The number of benzene rings is 1. The topological polar surface area (TPSA) is 96.9 Å². The highest BCUT2D eigenvalue weighted by atomic mass is 16.5. The van der Waals surface area contributed by atoms with Crippen LogP contribution in [0, 0.1) is 11.8 Å². The molecular formula is C18H24N2O5. The van der Waals surface area contributed by atoms with Crippen LogP contribution in [0.3, 0.4) is 0 Å². The Kier molecular flexibility index (Phi) is 5.24. The standard InChI is InChI=1S/C18H24N2O5/c1-24-14-4-10(3-11(5-14)18(23)25-2)17(22)20-15-6-12-8-19-9-13(12)7-16(15)21/h3-5,12-13,15-16,19,21H,6-9H2,1-2H3,(H,20,22)/t12-,13+,15-,16-/m0/s1. The van der Waals surface area contributed by atoms with Gasteiger partial charge in [-0.15, -0.1) is 0 Å². The number of hydrogen-bond acceptors (Lipinski definition) is 6. The van der Waals surface area contributed by atoms with E-state index in [2.05, 4.69) is 10.6 Å². The van der Waals surface area contributed by atoms with E-state index in [4.69, 9.17) is 9.47 Å². The van der Waals surface area contributed by atoms with Crippen molar-refractivity contribution in [3.63, 3.8) is 0 Å². The van der Waals surface area contributed by atoms with Crippen molar-refractivity contribution in [3.8, 4) is 5.75 Å². The summed E-state index contributed by atoms with van der Waals surface area (Å²) in [5, 5.41) is 16.6. The molecule has 1 aliphatic heterocycles. The summed E-state index contributed by atoms with van der Waals surface area (Å²) in [5.74, 6) is 0.482. The second-order valence-electron chi connectivity index (χ2n) is 6.74. The summed E-state index contributed by atoms with van der Waals surface area (Å²) < 4.78 is 9.87. The second-order valence-corrected chi connectivity index (χ2v) is 6.74. The number of nitrogens with one attached hydrogen (secondary N) is 2. The van der Waals surface area contributed by atoms with Crippen LogP contribution in [0.1, 0.15) is 33.6 Å². The number of fused-ring (bicyclic) bond motifs is 1. The number of carbonyl (C=O) groups excluding carboxylic acids is 2. The number of amides is 1. The Labute approximate surface area is 146 Å². The Balaban J connectivity index is 1.75. The molecule has 0 bridgehead atoms. The molecule has 0 spiro atoms. The Hall–Kier alpha value is -2.12. The Morgan fingerprint density at radius 3 is 2.48 bits per heavy atom. The molecule has 1 saturated carbocycles. The van der Waals surface area contributed by atoms with E-state index >= 15 is 0 Å². The lowest BCUT2D eigenvalue weighted by Crippen LogP contribution is -2.49. The summed E-state index contributed by atoms with van der Waals surface area (Å²) in [7, 11) is 2.75. The van der Waals surface area contributed by atoms with Gasteiger partial charge >= 0.3 is 5.97 Å². The molecular weight excluding hydrogens is 324 g/mol. The van der Waals surface area contributed by atoms with Crippen LogP contribution >= 0.6 is 0 Å². The SMILES string of the molecule is COC(=O)c1cc(OC)cc(C(=O)N[C@H]2C[C@H]3CNC[C@H]3C[C@@H]2O)c1. The number of rotatable bonds is 4. The summed E-state index contributed by atoms with van der Waals surface area (Å²) in [6, 6.07) is 4.27. The lowest BCUT2D eigenvalue weighted by atomic mass is 9.77. The van der Waals surface area contributed by atoms with Gasteiger partial charge in [0.25, 0.3) is 5.91 Å². The molecule has 4 atom stereocenters. The monoisotopic (exact) mass is 348 g/mol. The maximum atomic E-state index is 12.6. The van der Waals surface area contributed by atoms with Crippen molar-refractivity contribution in [2.45, 2.75) is 25.0 Å². The first-order chi connectivity index (χ1) is 12.0. The Bertz CT molecular complexity index is 663. The van der Waals surface area contributed by atoms with Gasteiger partial charge in [-0.05, 0) is 56.0 Å². The first-order valence-electron chi connectivity index (χ1n) is 8.49. The molecule has 1 heterocycles. The highest BCUT2D eigenvalue weighted by molar-refractivity contribution is 5.98. The smallest absolute Gasteiger partial charge is 0.338 e. The molecule has 136 valence electrons. The highest BCUT2D eigenvalue weighted by Gasteiger charge is 2.39. The van der Waals surface area contributed by atoms with Gasteiger partial charge < -0.3 is 25.2 Å². The zero-order chi connectivity index (χ0) is 18.0. The van der Waals surface area contributed by atoms with Crippen LogP contribution in [0.15, 0.2) is 18.2 Å². The predicted molar refractivity (Wildman–Crippen MR) is 90.7 cm³/mol. The van der Waals surface area contributed by atoms with Gasteiger partial charge in [0.05, 0.1) is 31.9 Å².